The summed E-state index contributed by atoms with van der Waals surface area (Å²) in [4.78, 5) is 41.3. The van der Waals surface area contributed by atoms with Crippen LogP contribution in [0.3, 0.4) is 0 Å². The average Bonchev–Trinajstić information content (AvgIpc) is 3.70. The van der Waals surface area contributed by atoms with Crippen molar-refractivity contribution in [1.29, 1.82) is 0 Å². The van der Waals surface area contributed by atoms with Gasteiger partial charge in [-0.05, 0) is 37.1 Å². The van der Waals surface area contributed by atoms with Crippen molar-refractivity contribution in [3.05, 3.63) is 90.8 Å². The summed E-state index contributed by atoms with van der Waals surface area (Å²) in [6, 6.07) is 25.5. The van der Waals surface area contributed by atoms with Crippen molar-refractivity contribution in [3.63, 3.8) is 0 Å². The van der Waals surface area contributed by atoms with E-state index in [1.54, 1.807) is 28.9 Å². The summed E-state index contributed by atoms with van der Waals surface area (Å²) in [5.74, 6) is -0.404. The van der Waals surface area contributed by atoms with Gasteiger partial charge in [-0.25, -0.2) is 9.67 Å². The second kappa shape index (κ2) is 10.7. The first-order chi connectivity index (χ1) is 18.1. The number of hydrogen-bond acceptors (Lipinski definition) is 6. The molecule has 0 atom stereocenters. The van der Waals surface area contributed by atoms with Gasteiger partial charge in [0, 0.05) is 23.2 Å². The van der Waals surface area contributed by atoms with Gasteiger partial charge in [0.25, 0.3) is 5.91 Å². The van der Waals surface area contributed by atoms with Crippen LogP contribution in [-0.4, -0.2) is 39.1 Å². The second-order valence-corrected chi connectivity index (χ2v) is 8.45. The molecule has 37 heavy (non-hydrogen) atoms. The van der Waals surface area contributed by atoms with E-state index >= 15 is 0 Å². The van der Waals surface area contributed by atoms with Crippen LogP contribution in [0.25, 0.3) is 17.1 Å². The van der Waals surface area contributed by atoms with Crippen LogP contribution in [-0.2, 0) is 9.59 Å². The van der Waals surface area contributed by atoms with Crippen LogP contribution in [0.4, 0.5) is 5.69 Å². The maximum Gasteiger partial charge on any atom is 0.309 e. The SMILES string of the molecule is O=C(COc1cccc(NC(=O)C2CC2)c1)NNC(=O)c1nc(-c2ccccc2)n(-c2ccccc2)n1. The molecular formula is C27H24N6O4. The summed E-state index contributed by atoms with van der Waals surface area (Å²) < 4.78 is 7.07. The van der Waals surface area contributed by atoms with E-state index in [9.17, 15) is 14.4 Å². The van der Waals surface area contributed by atoms with Gasteiger partial charge in [0.15, 0.2) is 12.4 Å². The highest BCUT2D eigenvalue weighted by atomic mass is 16.5. The average molecular weight is 497 g/mol. The highest BCUT2D eigenvalue weighted by molar-refractivity contribution is 5.94. The normalized spacial score (nSPS) is 12.4. The van der Waals surface area contributed by atoms with Gasteiger partial charge in [0.05, 0.1) is 5.69 Å². The van der Waals surface area contributed by atoms with Crippen molar-refractivity contribution >= 4 is 23.4 Å². The van der Waals surface area contributed by atoms with Crippen LogP contribution >= 0.6 is 0 Å². The van der Waals surface area contributed by atoms with Crippen LogP contribution in [0, 0.1) is 5.92 Å². The Hall–Kier alpha value is -4.99. The van der Waals surface area contributed by atoms with Gasteiger partial charge in [-0.2, -0.15) is 0 Å². The van der Waals surface area contributed by atoms with E-state index in [-0.39, 0.29) is 24.3 Å². The summed E-state index contributed by atoms with van der Waals surface area (Å²) in [7, 11) is 0. The minimum atomic E-state index is -0.676. The third-order valence-electron chi connectivity index (χ3n) is 5.58. The number of carbonyl (C=O) groups excluding carboxylic acids is 3. The Morgan fingerprint density at radius 3 is 2.35 bits per heavy atom. The zero-order valence-electron chi connectivity index (χ0n) is 19.8. The summed E-state index contributed by atoms with van der Waals surface area (Å²) in [5, 5.41) is 7.18. The molecule has 3 aromatic carbocycles. The molecule has 0 spiro atoms. The van der Waals surface area contributed by atoms with Gasteiger partial charge < -0.3 is 10.1 Å². The Kier molecular flexibility index (Phi) is 6.89. The standard InChI is InChI=1S/C27H24N6O4/c34-23(17-37-22-13-7-10-20(16-22)28-26(35)19-14-15-19)30-31-27(36)24-29-25(18-8-3-1-4-9-18)33(32-24)21-11-5-2-6-12-21/h1-13,16,19H,14-15,17H2,(H,28,35)(H,30,34)(H,31,36). The number of amides is 3. The maximum absolute atomic E-state index is 12.7. The van der Waals surface area contributed by atoms with E-state index in [1.165, 1.54) is 0 Å². The predicted octanol–water partition coefficient (Wildman–Crippen LogP) is 3.12. The molecule has 10 heteroatoms. The van der Waals surface area contributed by atoms with Crippen molar-refractivity contribution in [2.24, 2.45) is 5.92 Å². The van der Waals surface area contributed by atoms with Crippen molar-refractivity contribution < 1.29 is 19.1 Å². The van der Waals surface area contributed by atoms with E-state index in [0.717, 1.165) is 24.1 Å². The molecule has 3 amide bonds. The number of para-hydroxylation sites is 1. The maximum atomic E-state index is 12.7. The first kappa shape index (κ1) is 23.7. The number of carbonyl (C=O) groups is 3. The molecule has 1 aliphatic rings. The molecule has 0 radical (unpaired) electrons. The Labute approximate surface area is 212 Å². The quantitative estimate of drug-likeness (QED) is 0.322. The van der Waals surface area contributed by atoms with Crippen LogP contribution in [0.1, 0.15) is 23.5 Å². The van der Waals surface area contributed by atoms with Crippen LogP contribution in [0.5, 0.6) is 5.75 Å². The van der Waals surface area contributed by atoms with Crippen LogP contribution in [0.15, 0.2) is 84.9 Å². The lowest BCUT2D eigenvalue weighted by Gasteiger charge is -2.09. The molecule has 0 bridgehead atoms. The molecule has 3 N–H and O–H groups in total. The smallest absolute Gasteiger partial charge is 0.309 e. The van der Waals surface area contributed by atoms with Crippen molar-refractivity contribution in [2.45, 2.75) is 12.8 Å². The predicted molar refractivity (Wildman–Crippen MR) is 136 cm³/mol. The second-order valence-electron chi connectivity index (χ2n) is 8.45. The molecule has 4 aromatic rings. The van der Waals surface area contributed by atoms with Gasteiger partial charge in [-0.3, -0.25) is 25.2 Å². The molecule has 0 saturated heterocycles. The van der Waals surface area contributed by atoms with E-state index < -0.39 is 11.8 Å². The van der Waals surface area contributed by atoms with Gasteiger partial charge in [0.1, 0.15) is 5.75 Å². The van der Waals surface area contributed by atoms with Gasteiger partial charge in [-0.1, -0.05) is 54.6 Å². The summed E-state index contributed by atoms with van der Waals surface area (Å²) >= 11 is 0. The van der Waals surface area contributed by atoms with Gasteiger partial charge in [-0.15, -0.1) is 5.10 Å². The van der Waals surface area contributed by atoms with E-state index in [1.807, 2.05) is 60.7 Å². The molecule has 1 aliphatic carbocycles. The van der Waals surface area contributed by atoms with E-state index in [4.69, 9.17) is 4.74 Å². The summed E-state index contributed by atoms with van der Waals surface area (Å²) in [5.41, 5.74) is 6.74. The molecule has 1 heterocycles. The zero-order chi connectivity index (χ0) is 25.6. The molecule has 0 unspecified atom stereocenters. The number of benzene rings is 3. The number of rotatable bonds is 8. The number of nitrogens with one attached hydrogen (secondary N) is 3. The van der Waals surface area contributed by atoms with Crippen LogP contribution < -0.4 is 20.9 Å². The Balaban J connectivity index is 1.20. The fourth-order valence-corrected chi connectivity index (χ4v) is 3.55. The summed E-state index contributed by atoms with van der Waals surface area (Å²) in [6.45, 7) is -0.346. The largest absolute Gasteiger partial charge is 0.484 e. The van der Waals surface area contributed by atoms with Gasteiger partial charge in [0.2, 0.25) is 11.7 Å². The molecular weight excluding hydrogens is 472 g/mol. The Morgan fingerprint density at radius 2 is 1.62 bits per heavy atom. The van der Waals surface area contributed by atoms with Gasteiger partial charge >= 0.3 is 5.91 Å². The highest BCUT2D eigenvalue weighted by Crippen LogP contribution is 2.30. The number of aromatic nitrogens is 3. The third kappa shape index (κ3) is 5.99. The van der Waals surface area contributed by atoms with Crippen molar-refractivity contribution in [1.82, 2.24) is 25.6 Å². The molecule has 5 rings (SSSR count). The minimum Gasteiger partial charge on any atom is -0.484 e. The number of anilines is 1. The third-order valence-corrected chi connectivity index (χ3v) is 5.58. The first-order valence-corrected chi connectivity index (χ1v) is 11.8. The lowest BCUT2D eigenvalue weighted by atomic mass is 10.2. The fourth-order valence-electron chi connectivity index (χ4n) is 3.55. The number of hydrazine groups is 1. The van der Waals surface area contributed by atoms with E-state index in [0.29, 0.717) is 17.3 Å². The number of hydrogen-bond donors (Lipinski definition) is 3. The monoisotopic (exact) mass is 496 g/mol. The molecule has 186 valence electrons. The fraction of sp³-hybridized carbons (Fsp3) is 0.148. The lowest BCUT2D eigenvalue weighted by molar-refractivity contribution is -0.123. The zero-order valence-corrected chi connectivity index (χ0v) is 19.8. The lowest BCUT2D eigenvalue weighted by Crippen LogP contribution is -2.44. The van der Waals surface area contributed by atoms with E-state index in [2.05, 4.69) is 26.3 Å². The molecule has 0 aliphatic heterocycles. The summed E-state index contributed by atoms with van der Waals surface area (Å²) in [6.07, 6.45) is 1.81. The first-order valence-electron chi connectivity index (χ1n) is 11.8. The van der Waals surface area contributed by atoms with Crippen LogP contribution in [0.2, 0.25) is 0 Å². The molecule has 1 saturated carbocycles. The number of nitrogens with zero attached hydrogens (tertiary/aromatic N) is 3. The highest BCUT2D eigenvalue weighted by Gasteiger charge is 2.29. The van der Waals surface area contributed by atoms with Crippen molar-refractivity contribution in [2.75, 3.05) is 11.9 Å². The Bertz CT molecular complexity index is 1360. The minimum absolute atomic E-state index is 0.0173. The molecule has 1 aromatic heterocycles. The topological polar surface area (TPSA) is 127 Å². The molecule has 10 nitrogen and oxygen atoms in total. The Morgan fingerprint density at radius 1 is 0.892 bits per heavy atom. The molecule has 1 fully saturated rings. The number of ether oxygens (including phenoxy) is 1. The van der Waals surface area contributed by atoms with Crippen molar-refractivity contribution in [3.8, 4) is 22.8 Å².